The number of hydrogen-bond acceptors (Lipinski definition) is 4. The van der Waals surface area contributed by atoms with E-state index in [1.807, 2.05) is 30.0 Å². The molecular formula is C18H24N4S. The summed E-state index contributed by atoms with van der Waals surface area (Å²) in [7, 11) is 0. The van der Waals surface area contributed by atoms with Gasteiger partial charge >= 0.3 is 0 Å². The summed E-state index contributed by atoms with van der Waals surface area (Å²) in [6, 6.07) is 11.0. The topological polar surface area (TPSA) is 44.8 Å². The fourth-order valence-electron chi connectivity index (χ4n) is 3.99. The molecule has 122 valence electrons. The van der Waals surface area contributed by atoms with Gasteiger partial charge in [-0.05, 0) is 44.7 Å². The average Bonchev–Trinajstić information content (AvgIpc) is 3.10. The van der Waals surface area contributed by atoms with Gasteiger partial charge in [-0.1, -0.05) is 48.5 Å². The van der Waals surface area contributed by atoms with Crippen molar-refractivity contribution in [3.8, 4) is 11.4 Å². The number of hydrogen-bond donors (Lipinski definition) is 1. The molecule has 0 aliphatic carbocycles. The molecule has 2 aliphatic rings. The third-order valence-electron chi connectivity index (χ3n) is 5.17. The van der Waals surface area contributed by atoms with Gasteiger partial charge in [0, 0.05) is 17.4 Å². The van der Waals surface area contributed by atoms with Crippen molar-refractivity contribution < 1.29 is 0 Å². The molecule has 5 heteroatoms. The number of fused-ring (bicyclic) bond motifs is 1. The molecule has 4 rings (SSSR count). The van der Waals surface area contributed by atoms with Crippen LogP contribution in [-0.4, -0.2) is 45.0 Å². The first-order chi connectivity index (χ1) is 11.4. The second-order valence-electron chi connectivity index (χ2n) is 6.65. The summed E-state index contributed by atoms with van der Waals surface area (Å²) < 4.78 is 0. The third-order valence-corrected chi connectivity index (χ3v) is 6.20. The van der Waals surface area contributed by atoms with Crippen molar-refractivity contribution >= 4 is 11.8 Å². The maximum atomic E-state index is 4.65. The second kappa shape index (κ2) is 7.05. The zero-order chi connectivity index (χ0) is 15.5. The van der Waals surface area contributed by atoms with Gasteiger partial charge in [0.05, 0.1) is 0 Å². The van der Waals surface area contributed by atoms with Gasteiger partial charge in [-0.2, -0.15) is 0 Å². The average molecular weight is 328 g/mol. The summed E-state index contributed by atoms with van der Waals surface area (Å²) in [5, 5.41) is 8.35. The number of H-pyrrole nitrogens is 1. The molecule has 0 saturated carbocycles. The highest BCUT2D eigenvalue weighted by molar-refractivity contribution is 7.99. The van der Waals surface area contributed by atoms with E-state index in [1.54, 1.807) is 0 Å². The van der Waals surface area contributed by atoms with Crippen LogP contribution in [0.25, 0.3) is 11.4 Å². The van der Waals surface area contributed by atoms with Gasteiger partial charge in [0.1, 0.15) is 0 Å². The molecule has 2 fully saturated rings. The Hall–Kier alpha value is -1.33. The number of piperidine rings is 2. The predicted octanol–water partition coefficient (Wildman–Crippen LogP) is 3.83. The van der Waals surface area contributed by atoms with Crippen molar-refractivity contribution in [1.82, 2.24) is 20.1 Å². The summed E-state index contributed by atoms with van der Waals surface area (Å²) in [4.78, 5) is 7.38. The lowest BCUT2D eigenvalue weighted by Crippen LogP contribution is -2.48. The molecule has 23 heavy (non-hydrogen) atoms. The number of nitrogens with one attached hydrogen (secondary N) is 1. The van der Waals surface area contributed by atoms with E-state index in [-0.39, 0.29) is 0 Å². The lowest BCUT2D eigenvalue weighted by atomic mass is 9.85. The Morgan fingerprint density at radius 2 is 1.96 bits per heavy atom. The van der Waals surface area contributed by atoms with Crippen molar-refractivity contribution in [3.63, 3.8) is 0 Å². The number of aromatic nitrogens is 3. The number of aromatic amines is 1. The number of rotatable bonds is 4. The summed E-state index contributed by atoms with van der Waals surface area (Å²) in [5.74, 6) is 2.82. The SMILES string of the molecule is c1ccc(-c2nc(SCC3CCCN4CCCCC34)n[nH]2)cc1. The highest BCUT2D eigenvalue weighted by Gasteiger charge is 2.32. The molecule has 2 unspecified atom stereocenters. The zero-order valence-electron chi connectivity index (χ0n) is 13.4. The van der Waals surface area contributed by atoms with Crippen LogP contribution in [0.1, 0.15) is 32.1 Å². The summed E-state index contributed by atoms with van der Waals surface area (Å²) in [6.45, 7) is 2.62. The molecule has 0 radical (unpaired) electrons. The number of benzene rings is 1. The Labute approximate surface area is 142 Å². The molecule has 2 aliphatic heterocycles. The second-order valence-corrected chi connectivity index (χ2v) is 7.63. The Balaban J connectivity index is 1.38. The molecule has 0 bridgehead atoms. The van der Waals surface area contributed by atoms with Gasteiger partial charge in [-0.15, -0.1) is 5.10 Å². The van der Waals surface area contributed by atoms with Gasteiger partial charge in [0.2, 0.25) is 5.16 Å². The fraction of sp³-hybridized carbons (Fsp3) is 0.556. The minimum absolute atomic E-state index is 0.799. The molecule has 4 nitrogen and oxygen atoms in total. The van der Waals surface area contributed by atoms with E-state index in [0.717, 1.165) is 34.3 Å². The number of thioether (sulfide) groups is 1. The molecule has 2 aromatic rings. The fourth-order valence-corrected chi connectivity index (χ4v) is 5.01. The first-order valence-electron chi connectivity index (χ1n) is 8.75. The Kier molecular flexibility index (Phi) is 4.67. The Morgan fingerprint density at radius 3 is 2.87 bits per heavy atom. The third kappa shape index (κ3) is 3.45. The van der Waals surface area contributed by atoms with Crippen LogP contribution in [0.5, 0.6) is 0 Å². The lowest BCUT2D eigenvalue weighted by molar-refractivity contribution is 0.0693. The van der Waals surface area contributed by atoms with Crippen LogP contribution in [-0.2, 0) is 0 Å². The molecule has 1 aromatic heterocycles. The molecule has 1 N–H and O–H groups in total. The van der Waals surface area contributed by atoms with Gasteiger partial charge in [-0.25, -0.2) is 4.98 Å². The normalized spacial score (nSPS) is 25.2. The van der Waals surface area contributed by atoms with Crippen molar-refractivity contribution in [3.05, 3.63) is 30.3 Å². The molecule has 3 heterocycles. The lowest BCUT2D eigenvalue weighted by Gasteiger charge is -2.44. The molecule has 0 amide bonds. The Morgan fingerprint density at radius 1 is 1.09 bits per heavy atom. The van der Waals surface area contributed by atoms with Crippen LogP contribution >= 0.6 is 11.8 Å². The van der Waals surface area contributed by atoms with Gasteiger partial charge < -0.3 is 4.90 Å². The minimum Gasteiger partial charge on any atom is -0.300 e. The van der Waals surface area contributed by atoms with Crippen molar-refractivity contribution in [2.24, 2.45) is 5.92 Å². The molecule has 2 atom stereocenters. The highest BCUT2D eigenvalue weighted by atomic mass is 32.2. The van der Waals surface area contributed by atoms with Crippen LogP contribution < -0.4 is 0 Å². The monoisotopic (exact) mass is 328 g/mol. The first kappa shape index (κ1) is 15.2. The van der Waals surface area contributed by atoms with Gasteiger partial charge in [0.15, 0.2) is 5.82 Å². The van der Waals surface area contributed by atoms with Gasteiger partial charge in [-0.3, -0.25) is 5.10 Å². The summed E-state index contributed by atoms with van der Waals surface area (Å²) in [6.07, 6.45) is 6.89. The summed E-state index contributed by atoms with van der Waals surface area (Å²) >= 11 is 1.82. The molecule has 1 aromatic carbocycles. The predicted molar refractivity (Wildman–Crippen MR) is 94.5 cm³/mol. The maximum Gasteiger partial charge on any atom is 0.208 e. The van der Waals surface area contributed by atoms with Crippen LogP contribution in [0.4, 0.5) is 0 Å². The van der Waals surface area contributed by atoms with E-state index in [0.29, 0.717) is 0 Å². The molecule has 0 spiro atoms. The quantitative estimate of drug-likeness (QED) is 0.867. The minimum atomic E-state index is 0.799. The van der Waals surface area contributed by atoms with E-state index in [4.69, 9.17) is 0 Å². The maximum absolute atomic E-state index is 4.65. The van der Waals surface area contributed by atoms with Crippen molar-refractivity contribution in [2.45, 2.75) is 43.3 Å². The van der Waals surface area contributed by atoms with E-state index < -0.39 is 0 Å². The highest BCUT2D eigenvalue weighted by Crippen LogP contribution is 2.34. The van der Waals surface area contributed by atoms with E-state index in [1.165, 1.54) is 45.2 Å². The van der Waals surface area contributed by atoms with Gasteiger partial charge in [0.25, 0.3) is 0 Å². The molecule has 2 saturated heterocycles. The standard InChI is InChI=1S/C18H24N4S/c1-2-7-14(8-3-1)17-19-18(21-20-17)23-13-15-9-6-12-22-11-5-4-10-16(15)22/h1-3,7-8,15-16H,4-6,9-13H2,(H,19,20,21). The van der Waals surface area contributed by atoms with Crippen LogP contribution in [0.3, 0.4) is 0 Å². The number of nitrogens with zero attached hydrogens (tertiary/aromatic N) is 3. The van der Waals surface area contributed by atoms with E-state index >= 15 is 0 Å². The Bertz CT molecular complexity index is 625. The zero-order valence-corrected chi connectivity index (χ0v) is 14.3. The van der Waals surface area contributed by atoms with Crippen LogP contribution in [0.2, 0.25) is 0 Å². The van der Waals surface area contributed by atoms with Crippen LogP contribution in [0.15, 0.2) is 35.5 Å². The largest absolute Gasteiger partial charge is 0.300 e. The summed E-state index contributed by atoms with van der Waals surface area (Å²) in [5.41, 5.74) is 1.10. The first-order valence-corrected chi connectivity index (χ1v) is 9.73. The smallest absolute Gasteiger partial charge is 0.208 e. The van der Waals surface area contributed by atoms with E-state index in [2.05, 4.69) is 32.2 Å². The van der Waals surface area contributed by atoms with Crippen LogP contribution in [0, 0.1) is 5.92 Å². The van der Waals surface area contributed by atoms with E-state index in [9.17, 15) is 0 Å². The molecular weight excluding hydrogens is 304 g/mol. The van der Waals surface area contributed by atoms with Crippen molar-refractivity contribution in [1.29, 1.82) is 0 Å². The van der Waals surface area contributed by atoms with Crippen molar-refractivity contribution in [2.75, 3.05) is 18.8 Å².